The van der Waals surface area contributed by atoms with E-state index in [9.17, 15) is 0 Å². The Labute approximate surface area is 97.8 Å². The van der Waals surface area contributed by atoms with E-state index in [2.05, 4.69) is 24.1 Å². The Balaban J connectivity index is 1.75. The first kappa shape index (κ1) is 11.7. The molecule has 3 heteroatoms. The normalized spacial score (nSPS) is 21.1. The molecule has 0 spiro atoms. The molecule has 3 nitrogen and oxygen atoms in total. The van der Waals surface area contributed by atoms with Gasteiger partial charge in [-0.15, -0.1) is 0 Å². The fourth-order valence-corrected chi connectivity index (χ4v) is 2.45. The molecular weight excluding hydrogens is 200 g/mol. The topological polar surface area (TPSA) is 28.4 Å². The molecule has 0 bridgehead atoms. The monoisotopic (exact) mass is 222 g/mol. The SMILES string of the molecule is CC(CN1CCCC1)NC(C)c1ccco1. The minimum absolute atomic E-state index is 0.299. The van der Waals surface area contributed by atoms with Crippen LogP contribution in [0.4, 0.5) is 0 Å². The predicted octanol–water partition coefficient (Wildman–Crippen LogP) is 2.41. The van der Waals surface area contributed by atoms with Gasteiger partial charge in [-0.3, -0.25) is 0 Å². The molecule has 16 heavy (non-hydrogen) atoms. The largest absolute Gasteiger partial charge is 0.468 e. The average Bonchev–Trinajstić information content (AvgIpc) is 2.88. The first-order valence-corrected chi connectivity index (χ1v) is 6.27. The number of hydrogen-bond donors (Lipinski definition) is 1. The summed E-state index contributed by atoms with van der Waals surface area (Å²) in [4.78, 5) is 2.53. The van der Waals surface area contributed by atoms with E-state index in [1.807, 2.05) is 12.1 Å². The van der Waals surface area contributed by atoms with Gasteiger partial charge in [-0.05, 0) is 51.9 Å². The second kappa shape index (κ2) is 5.51. The highest BCUT2D eigenvalue weighted by Gasteiger charge is 2.17. The van der Waals surface area contributed by atoms with Crippen LogP contribution in [0.2, 0.25) is 0 Å². The smallest absolute Gasteiger partial charge is 0.120 e. The molecule has 90 valence electrons. The Morgan fingerprint density at radius 3 is 2.75 bits per heavy atom. The molecule has 1 aromatic rings. The van der Waals surface area contributed by atoms with Gasteiger partial charge in [-0.25, -0.2) is 0 Å². The van der Waals surface area contributed by atoms with Gasteiger partial charge in [-0.1, -0.05) is 0 Å². The summed E-state index contributed by atoms with van der Waals surface area (Å²) < 4.78 is 5.39. The molecule has 1 saturated heterocycles. The second-order valence-electron chi connectivity index (χ2n) is 4.81. The fourth-order valence-electron chi connectivity index (χ4n) is 2.45. The molecule has 0 saturated carbocycles. The van der Waals surface area contributed by atoms with Crippen molar-refractivity contribution in [3.8, 4) is 0 Å². The molecule has 1 aromatic heterocycles. The molecule has 1 aliphatic heterocycles. The maximum atomic E-state index is 5.39. The molecule has 0 aliphatic carbocycles. The molecule has 2 unspecified atom stereocenters. The first-order chi connectivity index (χ1) is 7.75. The summed E-state index contributed by atoms with van der Waals surface area (Å²) in [7, 11) is 0. The van der Waals surface area contributed by atoms with Crippen molar-refractivity contribution >= 4 is 0 Å². The van der Waals surface area contributed by atoms with Crippen molar-refractivity contribution < 1.29 is 4.42 Å². The zero-order valence-corrected chi connectivity index (χ0v) is 10.3. The standard InChI is InChI=1S/C13H22N2O/c1-11(10-15-7-3-4-8-15)14-12(2)13-6-5-9-16-13/h5-6,9,11-12,14H,3-4,7-8,10H2,1-2H3. The van der Waals surface area contributed by atoms with Crippen molar-refractivity contribution in [2.24, 2.45) is 0 Å². The van der Waals surface area contributed by atoms with Crippen LogP contribution in [-0.2, 0) is 0 Å². The van der Waals surface area contributed by atoms with Gasteiger partial charge in [0.1, 0.15) is 5.76 Å². The lowest BCUT2D eigenvalue weighted by molar-refractivity contribution is 0.281. The van der Waals surface area contributed by atoms with Crippen molar-refractivity contribution in [1.29, 1.82) is 0 Å². The molecule has 1 fully saturated rings. The number of hydrogen-bond acceptors (Lipinski definition) is 3. The van der Waals surface area contributed by atoms with Gasteiger partial charge >= 0.3 is 0 Å². The van der Waals surface area contributed by atoms with Gasteiger partial charge in [0, 0.05) is 12.6 Å². The molecule has 1 N–H and O–H groups in total. The molecule has 0 radical (unpaired) electrons. The van der Waals surface area contributed by atoms with Crippen LogP contribution < -0.4 is 5.32 Å². The summed E-state index contributed by atoms with van der Waals surface area (Å²) in [6.07, 6.45) is 4.46. The van der Waals surface area contributed by atoms with Crippen molar-refractivity contribution in [3.05, 3.63) is 24.2 Å². The molecule has 0 amide bonds. The summed E-state index contributed by atoms with van der Waals surface area (Å²) in [6.45, 7) is 8.07. The van der Waals surface area contributed by atoms with Crippen molar-refractivity contribution in [2.75, 3.05) is 19.6 Å². The van der Waals surface area contributed by atoms with Crippen molar-refractivity contribution in [1.82, 2.24) is 10.2 Å². The van der Waals surface area contributed by atoms with E-state index < -0.39 is 0 Å². The molecule has 2 rings (SSSR count). The summed E-state index contributed by atoms with van der Waals surface area (Å²) >= 11 is 0. The van der Waals surface area contributed by atoms with Crippen molar-refractivity contribution in [3.63, 3.8) is 0 Å². The van der Waals surface area contributed by atoms with Crippen LogP contribution in [0.3, 0.4) is 0 Å². The van der Waals surface area contributed by atoms with E-state index in [-0.39, 0.29) is 0 Å². The lowest BCUT2D eigenvalue weighted by atomic mass is 10.2. The van der Waals surface area contributed by atoms with Gasteiger partial charge in [-0.2, -0.15) is 0 Å². The van der Waals surface area contributed by atoms with Crippen LogP contribution in [0.1, 0.15) is 38.5 Å². The van der Waals surface area contributed by atoms with E-state index in [1.54, 1.807) is 6.26 Å². The van der Waals surface area contributed by atoms with Crippen molar-refractivity contribution in [2.45, 2.75) is 38.8 Å². The highest BCUT2D eigenvalue weighted by atomic mass is 16.3. The molecule has 0 aromatic carbocycles. The van der Waals surface area contributed by atoms with Gasteiger partial charge in [0.05, 0.1) is 12.3 Å². The average molecular weight is 222 g/mol. The van der Waals surface area contributed by atoms with Crippen LogP contribution >= 0.6 is 0 Å². The minimum atomic E-state index is 0.299. The molecular formula is C13H22N2O. The maximum absolute atomic E-state index is 5.39. The molecule has 2 heterocycles. The number of furan rings is 1. The Kier molecular flexibility index (Phi) is 4.02. The second-order valence-corrected chi connectivity index (χ2v) is 4.81. The van der Waals surface area contributed by atoms with Crippen LogP contribution in [0.25, 0.3) is 0 Å². The van der Waals surface area contributed by atoms with E-state index in [4.69, 9.17) is 4.42 Å². The molecule has 1 aliphatic rings. The Bertz CT molecular complexity index is 291. The quantitative estimate of drug-likeness (QED) is 0.829. The highest BCUT2D eigenvalue weighted by Crippen LogP contribution is 2.14. The van der Waals surface area contributed by atoms with E-state index >= 15 is 0 Å². The van der Waals surface area contributed by atoms with Crippen LogP contribution in [0.15, 0.2) is 22.8 Å². The summed E-state index contributed by atoms with van der Waals surface area (Å²) in [5.41, 5.74) is 0. The van der Waals surface area contributed by atoms with Gasteiger partial charge in [0.15, 0.2) is 0 Å². The van der Waals surface area contributed by atoms with E-state index in [0.29, 0.717) is 12.1 Å². The number of likely N-dealkylation sites (tertiary alicyclic amines) is 1. The maximum Gasteiger partial charge on any atom is 0.120 e. The van der Waals surface area contributed by atoms with E-state index in [1.165, 1.54) is 25.9 Å². The first-order valence-electron chi connectivity index (χ1n) is 6.27. The number of rotatable bonds is 5. The Morgan fingerprint density at radius 1 is 1.38 bits per heavy atom. The van der Waals surface area contributed by atoms with Gasteiger partial charge < -0.3 is 14.6 Å². The number of nitrogens with zero attached hydrogens (tertiary/aromatic N) is 1. The zero-order chi connectivity index (χ0) is 11.4. The summed E-state index contributed by atoms with van der Waals surface area (Å²) in [5, 5.41) is 3.57. The molecule has 2 atom stereocenters. The summed E-state index contributed by atoms with van der Waals surface area (Å²) in [5.74, 6) is 1.02. The van der Waals surface area contributed by atoms with Crippen LogP contribution in [0, 0.1) is 0 Å². The fraction of sp³-hybridized carbons (Fsp3) is 0.692. The highest BCUT2D eigenvalue weighted by molar-refractivity contribution is 5.03. The Morgan fingerprint density at radius 2 is 2.12 bits per heavy atom. The third-order valence-electron chi connectivity index (χ3n) is 3.24. The predicted molar refractivity (Wildman–Crippen MR) is 65.4 cm³/mol. The van der Waals surface area contributed by atoms with Crippen LogP contribution in [-0.4, -0.2) is 30.6 Å². The number of nitrogens with one attached hydrogen (secondary N) is 1. The lowest BCUT2D eigenvalue weighted by Gasteiger charge is -2.23. The third-order valence-corrected chi connectivity index (χ3v) is 3.24. The lowest BCUT2D eigenvalue weighted by Crippen LogP contribution is -2.39. The summed E-state index contributed by atoms with van der Waals surface area (Å²) in [6, 6.07) is 4.78. The van der Waals surface area contributed by atoms with Gasteiger partial charge in [0.25, 0.3) is 0 Å². The minimum Gasteiger partial charge on any atom is -0.468 e. The van der Waals surface area contributed by atoms with E-state index in [0.717, 1.165) is 12.3 Å². The van der Waals surface area contributed by atoms with Crippen LogP contribution in [0.5, 0.6) is 0 Å². The zero-order valence-electron chi connectivity index (χ0n) is 10.3. The third kappa shape index (κ3) is 3.09. The Hall–Kier alpha value is -0.800. The van der Waals surface area contributed by atoms with Gasteiger partial charge in [0.2, 0.25) is 0 Å².